The van der Waals surface area contributed by atoms with Crippen LogP contribution in [0.25, 0.3) is 11.1 Å². The van der Waals surface area contributed by atoms with Gasteiger partial charge < -0.3 is 9.47 Å². The fourth-order valence-corrected chi connectivity index (χ4v) is 4.60. The molecule has 1 aliphatic rings. The van der Waals surface area contributed by atoms with Gasteiger partial charge in [0.2, 0.25) is 0 Å². The number of thiophene rings is 1. The average Bonchev–Trinajstić information content (AvgIpc) is 3.39. The highest BCUT2D eigenvalue weighted by atomic mass is 32.1. The Kier molecular flexibility index (Phi) is 7.02. The Hall–Kier alpha value is -2.96. The minimum absolute atomic E-state index is 0.196. The van der Waals surface area contributed by atoms with E-state index in [0.29, 0.717) is 19.4 Å². The Morgan fingerprint density at radius 3 is 2.56 bits per heavy atom. The maximum absolute atomic E-state index is 13.3. The monoisotopic (exact) mass is 448 g/mol. The second-order valence-corrected chi connectivity index (χ2v) is 8.77. The molecule has 0 N–H and O–H groups in total. The third kappa shape index (κ3) is 5.09. The van der Waals surface area contributed by atoms with Crippen LogP contribution in [0.15, 0.2) is 66.0 Å². The van der Waals surface area contributed by atoms with Crippen LogP contribution in [0, 0.1) is 6.92 Å². The van der Waals surface area contributed by atoms with Crippen molar-refractivity contribution in [3.63, 3.8) is 0 Å². The van der Waals surface area contributed by atoms with Crippen molar-refractivity contribution in [3.8, 4) is 11.1 Å². The van der Waals surface area contributed by atoms with Gasteiger partial charge in [-0.05, 0) is 54.0 Å². The van der Waals surface area contributed by atoms with Gasteiger partial charge in [-0.2, -0.15) is 0 Å². The zero-order chi connectivity index (χ0) is 22.5. The van der Waals surface area contributed by atoms with Crippen LogP contribution in [-0.4, -0.2) is 42.3 Å². The van der Waals surface area contributed by atoms with E-state index in [2.05, 4.69) is 18.4 Å². The fourth-order valence-electron chi connectivity index (χ4n) is 3.92. The molecule has 2 amide bonds. The number of ether oxygens (including phenoxy) is 2. The largest absolute Gasteiger partial charge is 0.447 e. The third-order valence-corrected chi connectivity index (χ3v) is 6.31. The van der Waals surface area contributed by atoms with Crippen molar-refractivity contribution in [2.45, 2.75) is 31.9 Å². The topological polar surface area (TPSA) is 55.8 Å². The van der Waals surface area contributed by atoms with Gasteiger partial charge in [0, 0.05) is 17.9 Å². The van der Waals surface area contributed by atoms with E-state index in [9.17, 15) is 9.59 Å². The lowest BCUT2D eigenvalue weighted by Crippen LogP contribution is -2.47. The number of rotatable bonds is 8. The molecule has 165 valence electrons. The third-order valence-electron chi connectivity index (χ3n) is 5.52. The molecule has 1 fully saturated rings. The zero-order valence-corrected chi connectivity index (χ0v) is 18.8. The number of nitrogens with zero attached hydrogens (tertiary/aromatic N) is 1. The second kappa shape index (κ2) is 10.1. The van der Waals surface area contributed by atoms with Gasteiger partial charge in [0.15, 0.2) is 0 Å². The van der Waals surface area contributed by atoms with Crippen LogP contribution in [0.2, 0.25) is 0 Å². The number of benzene rings is 2. The van der Waals surface area contributed by atoms with Crippen molar-refractivity contribution in [2.24, 2.45) is 0 Å². The molecule has 5 nitrogen and oxygen atoms in total. The molecule has 1 aromatic heterocycles. The predicted molar refractivity (Wildman–Crippen MR) is 125 cm³/mol. The van der Waals surface area contributed by atoms with Crippen LogP contribution in [0.1, 0.15) is 22.9 Å². The normalized spacial score (nSPS) is 16.8. The number of imide groups is 1. The van der Waals surface area contributed by atoms with Crippen molar-refractivity contribution in [1.82, 2.24) is 4.90 Å². The fraction of sp³-hybridized carbons (Fsp3) is 0.269. The first kappa shape index (κ1) is 22.2. The Labute approximate surface area is 192 Å². The number of carbonyl (C=O) groups excluding carboxylic acids is 2. The van der Waals surface area contributed by atoms with Crippen LogP contribution in [0.4, 0.5) is 4.79 Å². The van der Waals surface area contributed by atoms with Crippen LogP contribution >= 0.6 is 11.3 Å². The predicted octanol–water partition coefficient (Wildman–Crippen LogP) is 5.13. The number of carbonyl (C=O) groups is 2. The molecule has 2 unspecified atom stereocenters. The molecule has 32 heavy (non-hydrogen) atoms. The SMILES string of the molecule is [CH2]c1cc(-c2ccc(CC(OCC)C(=O)N3C(=O)OCC3Cc3ccccc3)cc2)cs1. The first-order valence-corrected chi connectivity index (χ1v) is 11.6. The van der Waals surface area contributed by atoms with E-state index in [1.54, 1.807) is 11.3 Å². The quantitative estimate of drug-likeness (QED) is 0.479. The highest BCUT2D eigenvalue weighted by molar-refractivity contribution is 7.10. The van der Waals surface area contributed by atoms with Gasteiger partial charge in [0.1, 0.15) is 12.7 Å². The van der Waals surface area contributed by atoms with E-state index < -0.39 is 12.2 Å². The zero-order valence-electron chi connectivity index (χ0n) is 18.0. The van der Waals surface area contributed by atoms with E-state index in [0.717, 1.165) is 27.1 Å². The lowest BCUT2D eigenvalue weighted by molar-refractivity contribution is -0.141. The van der Waals surface area contributed by atoms with Crippen molar-refractivity contribution in [1.29, 1.82) is 0 Å². The summed E-state index contributed by atoms with van der Waals surface area (Å²) in [5, 5.41) is 2.08. The van der Waals surface area contributed by atoms with E-state index in [-0.39, 0.29) is 18.6 Å². The van der Waals surface area contributed by atoms with Gasteiger partial charge in [-0.3, -0.25) is 4.79 Å². The van der Waals surface area contributed by atoms with Gasteiger partial charge in [0.05, 0.1) is 6.04 Å². The Bertz CT molecular complexity index is 1060. The summed E-state index contributed by atoms with van der Waals surface area (Å²) in [5.74, 6) is -0.348. The molecule has 6 heteroatoms. The lowest BCUT2D eigenvalue weighted by Gasteiger charge is -2.25. The van der Waals surface area contributed by atoms with Crippen molar-refractivity contribution >= 4 is 23.3 Å². The highest BCUT2D eigenvalue weighted by Gasteiger charge is 2.41. The average molecular weight is 449 g/mol. The van der Waals surface area contributed by atoms with Crippen LogP contribution in [-0.2, 0) is 27.1 Å². The molecule has 2 atom stereocenters. The van der Waals surface area contributed by atoms with Crippen molar-refractivity contribution < 1.29 is 19.1 Å². The summed E-state index contributed by atoms with van der Waals surface area (Å²) in [6.07, 6.45) is -0.403. The van der Waals surface area contributed by atoms with Gasteiger partial charge in [0.25, 0.3) is 5.91 Å². The molecule has 4 rings (SSSR count). The standard InChI is InChI=1S/C26H26NO4S/c1-3-30-24(15-20-9-11-21(12-10-20)22-13-18(2)32-17-22)25(28)27-23(16-31-26(27)29)14-19-7-5-4-6-8-19/h4-13,17,23-24H,2-3,14-16H2,1H3. The molecule has 1 aliphatic heterocycles. The molecular formula is C26H26NO4S. The van der Waals surface area contributed by atoms with Crippen LogP contribution < -0.4 is 0 Å². The molecule has 0 bridgehead atoms. The Morgan fingerprint density at radius 2 is 1.91 bits per heavy atom. The summed E-state index contributed by atoms with van der Waals surface area (Å²) in [6, 6.07) is 19.6. The molecule has 3 aromatic rings. The Morgan fingerprint density at radius 1 is 1.16 bits per heavy atom. The van der Waals surface area contributed by atoms with Gasteiger partial charge in [-0.25, -0.2) is 9.69 Å². The minimum Gasteiger partial charge on any atom is -0.447 e. The maximum Gasteiger partial charge on any atom is 0.417 e. The second-order valence-electron chi connectivity index (χ2n) is 7.78. The van der Waals surface area contributed by atoms with E-state index >= 15 is 0 Å². The Balaban J connectivity index is 1.48. The number of cyclic esters (lactones) is 1. The van der Waals surface area contributed by atoms with Gasteiger partial charge in [-0.15, -0.1) is 11.3 Å². The summed E-state index contributed by atoms with van der Waals surface area (Å²) in [7, 11) is 0. The molecule has 2 aromatic carbocycles. The first-order chi connectivity index (χ1) is 15.5. The number of hydrogen-bond acceptors (Lipinski definition) is 5. The van der Waals surface area contributed by atoms with E-state index in [4.69, 9.17) is 9.47 Å². The van der Waals surface area contributed by atoms with Gasteiger partial charge >= 0.3 is 6.09 Å². The summed E-state index contributed by atoms with van der Waals surface area (Å²) in [6.45, 7) is 6.38. The van der Waals surface area contributed by atoms with E-state index in [1.165, 1.54) is 4.90 Å². The summed E-state index contributed by atoms with van der Waals surface area (Å²) in [4.78, 5) is 28.0. The molecule has 0 aliphatic carbocycles. The van der Waals surface area contributed by atoms with Crippen molar-refractivity contribution in [3.05, 3.63) is 89.0 Å². The number of hydrogen-bond donors (Lipinski definition) is 0. The minimum atomic E-state index is -0.748. The van der Waals surface area contributed by atoms with Gasteiger partial charge in [-0.1, -0.05) is 54.6 Å². The number of amides is 2. The molecular weight excluding hydrogens is 422 g/mol. The smallest absolute Gasteiger partial charge is 0.417 e. The molecule has 0 saturated carbocycles. The summed E-state index contributed by atoms with van der Waals surface area (Å²) in [5.41, 5.74) is 4.26. The molecule has 2 heterocycles. The summed E-state index contributed by atoms with van der Waals surface area (Å²) >= 11 is 1.61. The highest BCUT2D eigenvalue weighted by Crippen LogP contribution is 2.26. The molecule has 0 spiro atoms. The lowest BCUT2D eigenvalue weighted by atomic mass is 10.0. The summed E-state index contributed by atoms with van der Waals surface area (Å²) < 4.78 is 11.0. The van der Waals surface area contributed by atoms with Crippen LogP contribution in [0.5, 0.6) is 0 Å². The first-order valence-electron chi connectivity index (χ1n) is 10.7. The van der Waals surface area contributed by atoms with E-state index in [1.807, 2.05) is 61.5 Å². The van der Waals surface area contributed by atoms with Crippen molar-refractivity contribution in [2.75, 3.05) is 13.2 Å². The van der Waals surface area contributed by atoms with Crippen LogP contribution in [0.3, 0.4) is 0 Å². The maximum atomic E-state index is 13.3. The molecule has 1 radical (unpaired) electrons. The molecule has 1 saturated heterocycles.